The molecule has 0 atom stereocenters. The van der Waals surface area contributed by atoms with Gasteiger partial charge in [-0.25, -0.2) is 9.86 Å². The van der Waals surface area contributed by atoms with Crippen LogP contribution in [0.3, 0.4) is 0 Å². The standard InChI is InChI=1S/C13H14N2O4.C4H9NO2/c1-4-7-11(10(5-2)15(17)18)14-9-6-8-12(14)13(16)19-3;1-4(6)5(2)7-3/h4-9H,2H2,1,3H3;1-3H3/b7-4-,11-10-;. The lowest BCUT2D eigenvalue weighted by Gasteiger charge is -2.08. The van der Waals surface area contributed by atoms with Gasteiger partial charge >= 0.3 is 5.97 Å². The average molecular weight is 365 g/mol. The van der Waals surface area contributed by atoms with Gasteiger partial charge in [0.2, 0.25) is 5.91 Å². The van der Waals surface area contributed by atoms with Gasteiger partial charge in [0.25, 0.3) is 5.70 Å². The molecule has 0 saturated carbocycles. The number of ether oxygens (including phenoxy) is 1. The van der Waals surface area contributed by atoms with Gasteiger partial charge in [0.1, 0.15) is 11.4 Å². The Morgan fingerprint density at radius 3 is 2.35 bits per heavy atom. The first-order valence-electron chi connectivity index (χ1n) is 7.43. The van der Waals surface area contributed by atoms with Gasteiger partial charge in [0, 0.05) is 26.2 Å². The van der Waals surface area contributed by atoms with Crippen molar-refractivity contribution in [3.8, 4) is 0 Å². The number of methoxy groups -OCH3 is 1. The number of carbonyl (C=O) groups excluding carboxylic acids is 2. The average Bonchev–Trinajstić information content (AvgIpc) is 3.09. The van der Waals surface area contributed by atoms with Crippen molar-refractivity contribution in [3.63, 3.8) is 0 Å². The van der Waals surface area contributed by atoms with Crippen LogP contribution < -0.4 is 0 Å². The van der Waals surface area contributed by atoms with Gasteiger partial charge in [-0.15, -0.1) is 0 Å². The number of nitrogens with zero attached hydrogens (tertiary/aromatic N) is 3. The van der Waals surface area contributed by atoms with Gasteiger partial charge in [-0.05, 0) is 25.1 Å². The van der Waals surface area contributed by atoms with Crippen molar-refractivity contribution in [2.24, 2.45) is 0 Å². The van der Waals surface area contributed by atoms with E-state index in [0.717, 1.165) is 11.1 Å². The molecule has 1 amide bonds. The molecule has 0 fully saturated rings. The predicted octanol–water partition coefficient (Wildman–Crippen LogP) is 2.51. The predicted molar refractivity (Wildman–Crippen MR) is 96.4 cm³/mol. The molecule has 0 aromatic carbocycles. The molecule has 1 heterocycles. The molecule has 142 valence electrons. The molecule has 26 heavy (non-hydrogen) atoms. The minimum Gasteiger partial charge on any atom is -0.464 e. The molecular weight excluding hydrogens is 342 g/mol. The van der Waals surface area contributed by atoms with Crippen molar-refractivity contribution >= 4 is 17.6 Å². The molecule has 1 aromatic rings. The zero-order valence-corrected chi connectivity index (χ0v) is 15.5. The van der Waals surface area contributed by atoms with E-state index < -0.39 is 10.9 Å². The Balaban J connectivity index is 0.000000758. The Bertz CT molecular complexity index is 718. The molecule has 0 spiro atoms. The van der Waals surface area contributed by atoms with E-state index in [1.165, 1.54) is 37.9 Å². The Hall–Kier alpha value is -3.20. The summed E-state index contributed by atoms with van der Waals surface area (Å²) in [5.74, 6) is -0.665. The Morgan fingerprint density at radius 2 is 2.00 bits per heavy atom. The van der Waals surface area contributed by atoms with E-state index >= 15 is 0 Å². The van der Waals surface area contributed by atoms with E-state index in [9.17, 15) is 19.7 Å². The smallest absolute Gasteiger partial charge is 0.355 e. The molecule has 0 bridgehead atoms. The highest BCUT2D eigenvalue weighted by Crippen LogP contribution is 2.19. The molecule has 0 aliphatic heterocycles. The zero-order chi connectivity index (χ0) is 20.3. The van der Waals surface area contributed by atoms with Gasteiger partial charge in [-0.2, -0.15) is 0 Å². The molecule has 9 nitrogen and oxygen atoms in total. The molecule has 0 aliphatic rings. The highest BCUT2D eigenvalue weighted by Gasteiger charge is 2.19. The third kappa shape index (κ3) is 6.36. The normalized spacial score (nSPS) is 11.1. The first kappa shape index (κ1) is 22.8. The quantitative estimate of drug-likeness (QED) is 0.332. The number of carbonyl (C=O) groups is 2. The van der Waals surface area contributed by atoms with E-state index in [1.807, 2.05) is 0 Å². The molecule has 0 aliphatic carbocycles. The Labute approximate surface area is 151 Å². The number of amides is 1. The third-order valence-corrected chi connectivity index (χ3v) is 3.10. The maximum atomic E-state index is 11.6. The highest BCUT2D eigenvalue weighted by molar-refractivity contribution is 5.89. The van der Waals surface area contributed by atoms with Crippen LogP contribution in [0.2, 0.25) is 0 Å². The largest absolute Gasteiger partial charge is 0.464 e. The van der Waals surface area contributed by atoms with E-state index in [2.05, 4.69) is 16.2 Å². The zero-order valence-electron chi connectivity index (χ0n) is 15.5. The first-order valence-corrected chi connectivity index (χ1v) is 7.43. The van der Waals surface area contributed by atoms with Crippen LogP contribution >= 0.6 is 0 Å². The van der Waals surface area contributed by atoms with Crippen molar-refractivity contribution in [1.29, 1.82) is 0 Å². The summed E-state index contributed by atoms with van der Waals surface area (Å²) in [6, 6.07) is 3.13. The fourth-order valence-electron chi connectivity index (χ4n) is 1.71. The number of esters is 1. The van der Waals surface area contributed by atoms with Crippen molar-refractivity contribution in [1.82, 2.24) is 9.63 Å². The molecule has 9 heteroatoms. The maximum Gasteiger partial charge on any atom is 0.355 e. The Kier molecular flexibility index (Phi) is 9.97. The van der Waals surface area contributed by atoms with E-state index in [4.69, 9.17) is 0 Å². The molecule has 0 saturated heterocycles. The van der Waals surface area contributed by atoms with Gasteiger partial charge in [-0.3, -0.25) is 19.7 Å². The van der Waals surface area contributed by atoms with Crippen molar-refractivity contribution < 1.29 is 24.1 Å². The second-order valence-corrected chi connectivity index (χ2v) is 4.69. The Morgan fingerprint density at radius 1 is 1.38 bits per heavy atom. The lowest BCUT2D eigenvalue weighted by molar-refractivity contribution is -0.418. The molecule has 0 unspecified atom stereocenters. The second-order valence-electron chi connectivity index (χ2n) is 4.69. The van der Waals surface area contributed by atoms with Crippen molar-refractivity contribution in [2.75, 3.05) is 21.3 Å². The van der Waals surface area contributed by atoms with E-state index in [1.54, 1.807) is 32.3 Å². The molecule has 0 radical (unpaired) electrons. The summed E-state index contributed by atoms with van der Waals surface area (Å²) >= 11 is 0. The number of rotatable bonds is 6. The number of allylic oxidation sites excluding steroid dienone is 4. The van der Waals surface area contributed by atoms with Gasteiger partial charge in [-0.1, -0.05) is 12.7 Å². The number of hydroxylamine groups is 2. The topological polar surface area (TPSA) is 104 Å². The number of aromatic nitrogens is 1. The lowest BCUT2D eigenvalue weighted by atomic mass is 10.2. The lowest BCUT2D eigenvalue weighted by Crippen LogP contribution is -2.21. The molecular formula is C17H23N3O6. The fraction of sp³-hybridized carbons (Fsp3) is 0.294. The van der Waals surface area contributed by atoms with Gasteiger partial charge in [0.05, 0.1) is 19.1 Å². The maximum absolute atomic E-state index is 11.6. The summed E-state index contributed by atoms with van der Waals surface area (Å²) in [6.07, 6.45) is 5.86. The number of nitro groups is 1. The molecule has 1 rings (SSSR count). The summed E-state index contributed by atoms with van der Waals surface area (Å²) in [7, 11) is 4.25. The third-order valence-electron chi connectivity index (χ3n) is 3.10. The summed E-state index contributed by atoms with van der Waals surface area (Å²) in [6.45, 7) is 6.59. The van der Waals surface area contributed by atoms with Gasteiger partial charge < -0.3 is 9.30 Å². The van der Waals surface area contributed by atoms with Crippen molar-refractivity contribution in [3.05, 3.63) is 64.6 Å². The van der Waals surface area contributed by atoms with Crippen LogP contribution in [0, 0.1) is 10.1 Å². The highest BCUT2D eigenvalue weighted by atomic mass is 16.7. The molecule has 0 N–H and O–H groups in total. The van der Waals surface area contributed by atoms with Crippen LogP contribution in [0.1, 0.15) is 24.3 Å². The fourth-order valence-corrected chi connectivity index (χ4v) is 1.71. The van der Waals surface area contributed by atoms with Crippen LogP contribution in [0.25, 0.3) is 5.70 Å². The van der Waals surface area contributed by atoms with Crippen LogP contribution in [0.15, 0.2) is 48.8 Å². The minimum absolute atomic E-state index is 0.0949. The number of hydrogen-bond donors (Lipinski definition) is 0. The minimum atomic E-state index is -0.571. The summed E-state index contributed by atoms with van der Waals surface area (Å²) < 4.78 is 6.03. The van der Waals surface area contributed by atoms with Crippen LogP contribution in [0.4, 0.5) is 0 Å². The monoisotopic (exact) mass is 365 g/mol. The SMILES string of the molecule is C=C/C(=C(\C=C/C)n1cccc1C(=O)OC)[N+](=O)[O-].CON(C)C(C)=O. The van der Waals surface area contributed by atoms with E-state index in [0.29, 0.717) is 0 Å². The van der Waals surface area contributed by atoms with Gasteiger partial charge in [0.15, 0.2) is 0 Å². The molecule has 1 aromatic heterocycles. The summed E-state index contributed by atoms with van der Waals surface area (Å²) in [5, 5.41) is 12.2. The van der Waals surface area contributed by atoms with Crippen molar-refractivity contribution in [2.45, 2.75) is 13.8 Å². The first-order chi connectivity index (χ1) is 12.2. The summed E-state index contributed by atoms with van der Waals surface area (Å²) in [4.78, 5) is 36.7. The number of hydrogen-bond acceptors (Lipinski definition) is 6. The summed E-state index contributed by atoms with van der Waals surface area (Å²) in [5.41, 5.74) is 0.254. The van der Waals surface area contributed by atoms with E-state index in [-0.39, 0.29) is 23.0 Å². The second kappa shape index (κ2) is 11.4. The van der Waals surface area contributed by atoms with Crippen LogP contribution in [-0.4, -0.2) is 47.7 Å². The van der Waals surface area contributed by atoms with Crippen LogP contribution in [0.5, 0.6) is 0 Å². The van der Waals surface area contributed by atoms with Crippen LogP contribution in [-0.2, 0) is 14.4 Å².